The molecule has 0 bridgehead atoms. The summed E-state index contributed by atoms with van der Waals surface area (Å²) in [4.78, 5) is 21.7. The first-order valence-electron chi connectivity index (χ1n) is 10.6. The van der Waals surface area contributed by atoms with Crippen LogP contribution in [0.2, 0.25) is 0 Å². The molecule has 0 aliphatic carbocycles. The van der Waals surface area contributed by atoms with Gasteiger partial charge in [0, 0.05) is 32.3 Å². The molecule has 1 fully saturated rings. The van der Waals surface area contributed by atoms with E-state index in [1.165, 1.54) is 29.5 Å². The number of fused-ring (bicyclic) bond motifs is 1. The van der Waals surface area contributed by atoms with Gasteiger partial charge in [-0.05, 0) is 42.0 Å². The molecular weight excluding hydrogens is 445 g/mol. The van der Waals surface area contributed by atoms with Crippen molar-refractivity contribution in [1.82, 2.24) is 9.88 Å². The summed E-state index contributed by atoms with van der Waals surface area (Å²) < 4.78 is 30.4. The van der Waals surface area contributed by atoms with Gasteiger partial charge < -0.3 is 14.2 Å². The fraction of sp³-hybridized carbons (Fsp3) is 0.333. The number of carbonyl (C=O) groups is 1. The SMILES string of the molecule is COc1ccc(/C=C/C(=O)N(CCN2CCOCC2)c2nc3ccc(F)cc3s2)cc1OC. The molecule has 7 nitrogen and oxygen atoms in total. The topological polar surface area (TPSA) is 64.1 Å². The van der Waals surface area contributed by atoms with E-state index in [2.05, 4.69) is 9.88 Å². The summed E-state index contributed by atoms with van der Waals surface area (Å²) in [6.07, 6.45) is 3.26. The van der Waals surface area contributed by atoms with Crippen LogP contribution >= 0.6 is 11.3 Å². The summed E-state index contributed by atoms with van der Waals surface area (Å²) in [6.45, 7) is 4.20. The van der Waals surface area contributed by atoms with Crippen molar-refractivity contribution < 1.29 is 23.4 Å². The van der Waals surface area contributed by atoms with Crippen LogP contribution in [0.1, 0.15) is 5.56 Å². The van der Waals surface area contributed by atoms with E-state index >= 15 is 0 Å². The standard InChI is InChI=1S/C24H26FN3O4S/c1-30-20-7-3-17(15-21(20)31-2)4-8-23(29)28(10-9-27-11-13-32-14-12-27)24-26-19-6-5-18(25)16-22(19)33-24/h3-8,15-16H,9-14H2,1-2H3/b8-4+. The van der Waals surface area contributed by atoms with Crippen LogP contribution in [0.4, 0.5) is 9.52 Å². The predicted molar refractivity (Wildman–Crippen MR) is 128 cm³/mol. The second-order valence-electron chi connectivity index (χ2n) is 7.50. The zero-order valence-electron chi connectivity index (χ0n) is 18.6. The highest BCUT2D eigenvalue weighted by molar-refractivity contribution is 7.22. The van der Waals surface area contributed by atoms with Crippen molar-refractivity contribution in [2.45, 2.75) is 0 Å². The lowest BCUT2D eigenvalue weighted by atomic mass is 10.2. The van der Waals surface area contributed by atoms with Gasteiger partial charge in [-0.3, -0.25) is 14.6 Å². The molecule has 0 saturated carbocycles. The third-order valence-electron chi connectivity index (χ3n) is 5.41. The number of benzene rings is 2. The molecule has 0 unspecified atom stereocenters. The maximum atomic E-state index is 13.7. The smallest absolute Gasteiger partial charge is 0.252 e. The van der Waals surface area contributed by atoms with Gasteiger partial charge in [0.05, 0.1) is 37.6 Å². The van der Waals surface area contributed by atoms with Crippen molar-refractivity contribution >= 4 is 38.7 Å². The first-order chi connectivity index (χ1) is 16.1. The quantitative estimate of drug-likeness (QED) is 0.466. The van der Waals surface area contributed by atoms with Crippen molar-refractivity contribution in [3.05, 3.63) is 53.9 Å². The van der Waals surface area contributed by atoms with Crippen molar-refractivity contribution in [1.29, 1.82) is 0 Å². The van der Waals surface area contributed by atoms with Gasteiger partial charge in [-0.25, -0.2) is 9.37 Å². The van der Waals surface area contributed by atoms with E-state index in [1.807, 2.05) is 6.07 Å². The summed E-state index contributed by atoms with van der Waals surface area (Å²) >= 11 is 1.31. The number of amides is 1. The number of hydrogen-bond acceptors (Lipinski definition) is 7. The van der Waals surface area contributed by atoms with Gasteiger partial charge in [-0.2, -0.15) is 0 Å². The molecule has 0 radical (unpaired) electrons. The zero-order valence-corrected chi connectivity index (χ0v) is 19.4. The van der Waals surface area contributed by atoms with E-state index in [-0.39, 0.29) is 11.7 Å². The van der Waals surface area contributed by atoms with Gasteiger partial charge in [0.15, 0.2) is 16.6 Å². The Bertz CT molecular complexity index is 1140. The van der Waals surface area contributed by atoms with Gasteiger partial charge in [-0.1, -0.05) is 17.4 Å². The summed E-state index contributed by atoms with van der Waals surface area (Å²) in [5.74, 6) is 0.689. The van der Waals surface area contributed by atoms with E-state index < -0.39 is 0 Å². The average molecular weight is 472 g/mol. The van der Waals surface area contributed by atoms with Gasteiger partial charge in [0.2, 0.25) is 0 Å². The molecular formula is C24H26FN3O4S. The van der Waals surface area contributed by atoms with Crippen molar-refractivity contribution in [2.24, 2.45) is 0 Å². The molecule has 2 aromatic carbocycles. The maximum Gasteiger partial charge on any atom is 0.252 e. The summed E-state index contributed by atoms with van der Waals surface area (Å²) in [6, 6.07) is 9.91. The third-order valence-corrected chi connectivity index (χ3v) is 6.45. The lowest BCUT2D eigenvalue weighted by Gasteiger charge is -2.28. The number of carbonyl (C=O) groups excluding carboxylic acids is 1. The van der Waals surface area contributed by atoms with Gasteiger partial charge >= 0.3 is 0 Å². The average Bonchev–Trinajstić information content (AvgIpc) is 3.26. The molecule has 9 heteroatoms. The van der Waals surface area contributed by atoms with Crippen LogP contribution in [0, 0.1) is 5.82 Å². The normalized spacial score (nSPS) is 14.6. The van der Waals surface area contributed by atoms with Crippen molar-refractivity contribution in [3.63, 3.8) is 0 Å². The number of anilines is 1. The number of methoxy groups -OCH3 is 2. The molecule has 1 aliphatic heterocycles. The molecule has 3 aromatic rings. The molecule has 1 amide bonds. The first-order valence-corrected chi connectivity index (χ1v) is 11.5. The van der Waals surface area contributed by atoms with Crippen molar-refractivity contribution in [3.8, 4) is 11.5 Å². The number of aromatic nitrogens is 1. The van der Waals surface area contributed by atoms with Crippen LogP contribution in [-0.4, -0.2) is 69.4 Å². The van der Waals surface area contributed by atoms with Crippen LogP contribution in [0.15, 0.2) is 42.5 Å². The minimum absolute atomic E-state index is 0.197. The largest absolute Gasteiger partial charge is 0.493 e. The summed E-state index contributed by atoms with van der Waals surface area (Å²) in [5, 5.41) is 0.547. The number of nitrogens with zero attached hydrogens (tertiary/aromatic N) is 3. The molecule has 0 spiro atoms. The number of ether oxygens (including phenoxy) is 3. The van der Waals surface area contributed by atoms with Gasteiger partial charge in [0.1, 0.15) is 5.82 Å². The third kappa shape index (κ3) is 5.68. The second kappa shape index (κ2) is 10.7. The highest BCUT2D eigenvalue weighted by Crippen LogP contribution is 2.30. The van der Waals surface area contributed by atoms with Crippen LogP contribution in [0.3, 0.4) is 0 Å². The van der Waals surface area contributed by atoms with Gasteiger partial charge in [-0.15, -0.1) is 0 Å². The van der Waals surface area contributed by atoms with Crippen molar-refractivity contribution in [2.75, 3.05) is 58.5 Å². The Morgan fingerprint density at radius 3 is 2.73 bits per heavy atom. The van der Waals surface area contributed by atoms with E-state index in [0.29, 0.717) is 53.2 Å². The Balaban J connectivity index is 1.57. The molecule has 2 heterocycles. The van der Waals surface area contributed by atoms with Crippen LogP contribution in [0.5, 0.6) is 11.5 Å². The Hall–Kier alpha value is -3.01. The molecule has 1 aliphatic rings. The summed E-state index contributed by atoms with van der Waals surface area (Å²) in [5.41, 5.74) is 1.48. The predicted octanol–water partition coefficient (Wildman–Crippen LogP) is 3.83. The Morgan fingerprint density at radius 1 is 1.18 bits per heavy atom. The molecule has 174 valence electrons. The fourth-order valence-corrected chi connectivity index (χ4v) is 4.60. The highest BCUT2D eigenvalue weighted by atomic mass is 32.1. The highest BCUT2D eigenvalue weighted by Gasteiger charge is 2.20. The fourth-order valence-electron chi connectivity index (χ4n) is 3.58. The minimum atomic E-state index is -0.322. The number of morpholine rings is 1. The minimum Gasteiger partial charge on any atom is -0.493 e. The Morgan fingerprint density at radius 2 is 1.97 bits per heavy atom. The first kappa shape index (κ1) is 23.2. The maximum absolute atomic E-state index is 13.7. The number of rotatable bonds is 8. The monoisotopic (exact) mass is 471 g/mol. The van der Waals surface area contributed by atoms with Gasteiger partial charge in [0.25, 0.3) is 5.91 Å². The van der Waals surface area contributed by atoms with Crippen LogP contribution < -0.4 is 14.4 Å². The molecule has 4 rings (SSSR count). The molecule has 1 aromatic heterocycles. The number of halogens is 1. The molecule has 1 saturated heterocycles. The number of hydrogen-bond donors (Lipinski definition) is 0. The van der Waals surface area contributed by atoms with Crippen LogP contribution in [-0.2, 0) is 9.53 Å². The lowest BCUT2D eigenvalue weighted by Crippen LogP contribution is -2.42. The zero-order chi connectivity index (χ0) is 23.2. The van der Waals surface area contributed by atoms with E-state index in [1.54, 1.807) is 43.4 Å². The summed E-state index contributed by atoms with van der Waals surface area (Å²) in [7, 11) is 3.15. The Labute approximate surface area is 196 Å². The lowest BCUT2D eigenvalue weighted by molar-refractivity contribution is -0.114. The van der Waals surface area contributed by atoms with E-state index in [9.17, 15) is 9.18 Å². The molecule has 0 atom stereocenters. The Kier molecular flexibility index (Phi) is 7.54. The van der Waals surface area contributed by atoms with E-state index in [4.69, 9.17) is 14.2 Å². The number of thiazole rings is 1. The van der Waals surface area contributed by atoms with E-state index in [0.717, 1.165) is 18.7 Å². The molecule has 33 heavy (non-hydrogen) atoms. The van der Waals surface area contributed by atoms with Crippen LogP contribution in [0.25, 0.3) is 16.3 Å². The molecule has 0 N–H and O–H groups in total. The second-order valence-corrected chi connectivity index (χ2v) is 8.51.